The molecule has 0 amide bonds. The largest absolute Gasteiger partial charge is 0.456 e. The van der Waals surface area contributed by atoms with E-state index in [4.69, 9.17) is 19.4 Å². The van der Waals surface area contributed by atoms with Gasteiger partial charge < -0.3 is 8.98 Å². The summed E-state index contributed by atoms with van der Waals surface area (Å²) in [5, 5.41) is 6.60. The molecule has 7 aromatic carbocycles. The summed E-state index contributed by atoms with van der Waals surface area (Å²) in [6, 6.07) is 56.6. The van der Waals surface area contributed by atoms with Crippen molar-refractivity contribution in [1.29, 1.82) is 0 Å². The van der Waals surface area contributed by atoms with Crippen molar-refractivity contribution in [2.45, 2.75) is 0 Å². The molecule has 6 heteroatoms. The van der Waals surface area contributed by atoms with Crippen LogP contribution in [0.5, 0.6) is 0 Å². The number of furan rings is 1. The van der Waals surface area contributed by atoms with Gasteiger partial charge in [-0.15, -0.1) is 0 Å². The third kappa shape index (κ3) is 4.14. The lowest BCUT2D eigenvalue weighted by atomic mass is 10.1. The SMILES string of the molecule is c1ccc(-c2nc(-c3ccccc3)nc(-n3c4cc5c(cc4c4ccc6c7ccccc7n(-c7ccccc7)c6c43)oc3ccccc35)n2)cc1. The minimum Gasteiger partial charge on any atom is -0.456 e. The van der Waals surface area contributed by atoms with Gasteiger partial charge >= 0.3 is 0 Å². The topological polar surface area (TPSA) is 61.7 Å². The second-order valence-corrected chi connectivity index (χ2v) is 12.9. The number of para-hydroxylation sites is 3. The van der Waals surface area contributed by atoms with Gasteiger partial charge in [0.25, 0.3) is 0 Å². The van der Waals surface area contributed by atoms with Gasteiger partial charge in [0.05, 0.1) is 22.1 Å². The molecule has 0 atom stereocenters. The van der Waals surface area contributed by atoms with Gasteiger partial charge in [-0.1, -0.05) is 127 Å². The van der Waals surface area contributed by atoms with Gasteiger partial charge in [-0.25, -0.2) is 4.98 Å². The van der Waals surface area contributed by atoms with Crippen LogP contribution in [0, 0.1) is 0 Å². The van der Waals surface area contributed by atoms with Crippen LogP contribution in [0.3, 0.4) is 0 Å². The summed E-state index contributed by atoms with van der Waals surface area (Å²) in [6.45, 7) is 0. The molecule has 0 radical (unpaired) electrons. The third-order valence-electron chi connectivity index (χ3n) is 9.96. The minimum atomic E-state index is 0.548. The van der Waals surface area contributed by atoms with Crippen molar-refractivity contribution in [3.63, 3.8) is 0 Å². The summed E-state index contributed by atoms with van der Waals surface area (Å²) in [6.07, 6.45) is 0. The number of benzene rings is 7. The van der Waals surface area contributed by atoms with Crippen molar-refractivity contribution < 1.29 is 4.42 Å². The van der Waals surface area contributed by atoms with E-state index in [9.17, 15) is 0 Å². The van der Waals surface area contributed by atoms with E-state index in [0.29, 0.717) is 17.6 Å². The molecule has 0 unspecified atom stereocenters. The quantitative estimate of drug-likeness (QED) is 0.190. The maximum atomic E-state index is 6.45. The predicted octanol–water partition coefficient (Wildman–Crippen LogP) is 11.3. The van der Waals surface area contributed by atoms with Crippen molar-refractivity contribution in [3.8, 4) is 34.4 Å². The maximum Gasteiger partial charge on any atom is 0.238 e. The zero-order valence-electron chi connectivity index (χ0n) is 27.2. The number of fused-ring (bicyclic) bond motifs is 10. The molecule has 0 bridgehead atoms. The first-order chi connectivity index (χ1) is 25.3. The lowest BCUT2D eigenvalue weighted by molar-refractivity contribution is 0.669. The molecule has 0 saturated heterocycles. The molecule has 0 aliphatic rings. The minimum absolute atomic E-state index is 0.548. The predicted molar refractivity (Wildman–Crippen MR) is 207 cm³/mol. The van der Waals surface area contributed by atoms with E-state index in [1.54, 1.807) is 0 Å². The van der Waals surface area contributed by atoms with E-state index in [1.165, 1.54) is 5.39 Å². The fraction of sp³-hybridized carbons (Fsp3) is 0. The van der Waals surface area contributed by atoms with Crippen molar-refractivity contribution >= 4 is 65.6 Å². The molecule has 11 rings (SSSR count). The average molecular weight is 654 g/mol. The van der Waals surface area contributed by atoms with Gasteiger partial charge in [-0.3, -0.25) is 4.57 Å². The number of aromatic nitrogens is 5. The molecule has 11 aromatic rings. The van der Waals surface area contributed by atoms with Gasteiger partial charge in [0.2, 0.25) is 5.95 Å². The average Bonchev–Trinajstić information content (AvgIpc) is 3.85. The Bertz CT molecular complexity index is 3060. The fourth-order valence-corrected chi connectivity index (χ4v) is 7.72. The number of hydrogen-bond acceptors (Lipinski definition) is 4. The Morgan fingerprint density at radius 1 is 0.373 bits per heavy atom. The highest BCUT2D eigenvalue weighted by Gasteiger charge is 2.24. The van der Waals surface area contributed by atoms with Gasteiger partial charge in [-0.2, -0.15) is 9.97 Å². The van der Waals surface area contributed by atoms with E-state index in [-0.39, 0.29) is 0 Å². The molecule has 0 spiro atoms. The molecule has 238 valence electrons. The van der Waals surface area contributed by atoms with Crippen molar-refractivity contribution in [2.24, 2.45) is 0 Å². The Hall–Kier alpha value is -7.05. The summed E-state index contributed by atoms with van der Waals surface area (Å²) < 4.78 is 11.1. The van der Waals surface area contributed by atoms with Crippen LogP contribution in [-0.2, 0) is 0 Å². The maximum absolute atomic E-state index is 6.45. The first-order valence-electron chi connectivity index (χ1n) is 17.0. The molecule has 0 aliphatic heterocycles. The number of rotatable bonds is 4. The first-order valence-corrected chi connectivity index (χ1v) is 17.0. The summed E-state index contributed by atoms with van der Waals surface area (Å²) in [5.41, 5.74) is 8.86. The highest BCUT2D eigenvalue weighted by Crippen LogP contribution is 2.43. The molecule has 4 heterocycles. The van der Waals surface area contributed by atoms with Gasteiger partial charge in [0, 0.05) is 49.1 Å². The molecule has 0 N–H and O–H groups in total. The summed E-state index contributed by atoms with van der Waals surface area (Å²) in [7, 11) is 0. The molecule has 4 aromatic heterocycles. The third-order valence-corrected chi connectivity index (χ3v) is 9.96. The van der Waals surface area contributed by atoms with Gasteiger partial charge in [0.1, 0.15) is 11.2 Å². The second-order valence-electron chi connectivity index (χ2n) is 12.9. The summed E-state index contributed by atoms with van der Waals surface area (Å²) in [5.74, 6) is 1.77. The van der Waals surface area contributed by atoms with Crippen LogP contribution in [0.25, 0.3) is 100.0 Å². The Labute approximate surface area is 291 Å². The van der Waals surface area contributed by atoms with Crippen molar-refractivity contribution in [1.82, 2.24) is 24.1 Å². The van der Waals surface area contributed by atoms with Gasteiger partial charge in [0.15, 0.2) is 11.6 Å². The second kappa shape index (κ2) is 10.7. The lowest BCUT2D eigenvalue weighted by Gasteiger charge is -2.13. The molecule has 6 nitrogen and oxygen atoms in total. The highest BCUT2D eigenvalue weighted by molar-refractivity contribution is 6.25. The number of hydrogen-bond donors (Lipinski definition) is 0. The normalized spacial score (nSPS) is 11.9. The molecule has 0 saturated carbocycles. The van der Waals surface area contributed by atoms with Crippen LogP contribution >= 0.6 is 0 Å². The van der Waals surface area contributed by atoms with Crippen molar-refractivity contribution in [2.75, 3.05) is 0 Å². The van der Waals surface area contributed by atoms with E-state index in [0.717, 1.165) is 77.0 Å². The van der Waals surface area contributed by atoms with E-state index < -0.39 is 0 Å². The molecule has 0 fully saturated rings. The van der Waals surface area contributed by atoms with Crippen LogP contribution in [0.15, 0.2) is 168 Å². The van der Waals surface area contributed by atoms with Crippen molar-refractivity contribution in [3.05, 3.63) is 164 Å². The Balaban J connectivity index is 1.36. The van der Waals surface area contributed by atoms with Crippen LogP contribution in [0.1, 0.15) is 0 Å². The van der Waals surface area contributed by atoms with Gasteiger partial charge in [-0.05, 0) is 36.4 Å². The summed E-state index contributed by atoms with van der Waals surface area (Å²) >= 11 is 0. The van der Waals surface area contributed by atoms with Crippen LogP contribution < -0.4 is 0 Å². The standard InChI is InChI=1S/C45H27N5O/c1-4-14-28(15-5-1)43-46-44(29-16-6-2-7-17-29)48-45(47-43)50-38-26-36-32-21-11-13-23-39(32)51-40(36)27-35(38)34-25-24-33-31-20-10-12-22-37(31)49(41(33)42(34)50)30-18-8-3-9-19-30/h1-27H. The fourth-order valence-electron chi connectivity index (χ4n) is 7.72. The lowest BCUT2D eigenvalue weighted by Crippen LogP contribution is -2.07. The molecular formula is C45H27N5O. The van der Waals surface area contributed by atoms with Crippen LogP contribution in [0.4, 0.5) is 0 Å². The van der Waals surface area contributed by atoms with E-state index in [1.807, 2.05) is 72.8 Å². The monoisotopic (exact) mass is 653 g/mol. The highest BCUT2D eigenvalue weighted by atomic mass is 16.3. The Morgan fingerprint density at radius 2 is 0.941 bits per heavy atom. The molecular weight excluding hydrogens is 627 g/mol. The first kappa shape index (κ1) is 27.9. The Kier molecular flexibility index (Phi) is 5.86. The Morgan fingerprint density at radius 3 is 1.65 bits per heavy atom. The summed E-state index contributed by atoms with van der Waals surface area (Å²) in [4.78, 5) is 15.6. The zero-order chi connectivity index (χ0) is 33.5. The molecule has 0 aliphatic carbocycles. The zero-order valence-corrected chi connectivity index (χ0v) is 27.2. The van der Waals surface area contributed by atoms with Crippen LogP contribution in [-0.4, -0.2) is 24.1 Å². The number of nitrogens with zero attached hydrogens (tertiary/aromatic N) is 5. The van der Waals surface area contributed by atoms with E-state index in [2.05, 4.69) is 100 Å². The van der Waals surface area contributed by atoms with Crippen LogP contribution in [0.2, 0.25) is 0 Å². The smallest absolute Gasteiger partial charge is 0.238 e. The molecule has 51 heavy (non-hydrogen) atoms. The van der Waals surface area contributed by atoms with E-state index >= 15 is 0 Å².